The second-order valence-electron chi connectivity index (χ2n) is 12.5. The maximum Gasteiger partial charge on any atom is 0.408 e. The predicted molar refractivity (Wildman–Crippen MR) is 154 cm³/mol. The molecule has 3 unspecified atom stereocenters. The molecule has 0 spiro atoms. The van der Waals surface area contributed by atoms with Crippen LogP contribution < -0.4 is 10.6 Å². The molecule has 2 N–H and O–H groups in total. The van der Waals surface area contributed by atoms with Crippen LogP contribution in [0.3, 0.4) is 0 Å². The van der Waals surface area contributed by atoms with Gasteiger partial charge in [0.25, 0.3) is 0 Å². The van der Waals surface area contributed by atoms with E-state index in [1.807, 2.05) is 59.7 Å². The monoisotopic (exact) mass is 535 g/mol. The molecular weight excluding hydrogens is 486 g/mol. The third kappa shape index (κ3) is 11.4. The smallest absolute Gasteiger partial charge is 0.408 e. The lowest BCUT2D eigenvalue weighted by molar-refractivity contribution is -0.145. The summed E-state index contributed by atoms with van der Waals surface area (Å²) >= 11 is 4.38. The van der Waals surface area contributed by atoms with Crippen molar-refractivity contribution in [2.45, 2.75) is 118 Å². The number of amides is 3. The fraction of sp³-hybridized carbons (Fsp3) is 0.690. The predicted octanol–water partition coefficient (Wildman–Crippen LogP) is 5.74. The van der Waals surface area contributed by atoms with Gasteiger partial charge in [-0.2, -0.15) is 12.6 Å². The summed E-state index contributed by atoms with van der Waals surface area (Å²) in [7, 11) is 0. The minimum Gasteiger partial charge on any atom is -0.444 e. The first kappa shape index (κ1) is 32.8. The zero-order valence-corrected chi connectivity index (χ0v) is 25.6. The van der Waals surface area contributed by atoms with Crippen molar-refractivity contribution in [3.8, 4) is 0 Å². The van der Waals surface area contributed by atoms with Gasteiger partial charge in [0.1, 0.15) is 17.7 Å². The average molecular weight is 536 g/mol. The van der Waals surface area contributed by atoms with Crippen LogP contribution in [-0.2, 0) is 14.3 Å². The summed E-state index contributed by atoms with van der Waals surface area (Å²) in [5.74, 6) is -0.142. The quantitative estimate of drug-likeness (QED) is 0.334. The molecule has 8 heteroatoms. The molecule has 0 saturated heterocycles. The number of benzene rings is 1. The Morgan fingerprint density at radius 3 is 1.92 bits per heavy atom. The lowest BCUT2D eigenvalue weighted by Crippen LogP contribution is -2.57. The van der Waals surface area contributed by atoms with Crippen LogP contribution in [0.4, 0.5) is 4.79 Å². The molecule has 1 aromatic rings. The van der Waals surface area contributed by atoms with E-state index in [1.165, 1.54) is 0 Å². The molecule has 7 nitrogen and oxygen atoms in total. The van der Waals surface area contributed by atoms with E-state index in [0.29, 0.717) is 12.3 Å². The van der Waals surface area contributed by atoms with E-state index in [9.17, 15) is 14.4 Å². The third-order valence-electron chi connectivity index (χ3n) is 5.65. The van der Waals surface area contributed by atoms with Crippen molar-refractivity contribution in [2.24, 2.45) is 5.92 Å². The van der Waals surface area contributed by atoms with Crippen LogP contribution in [-0.4, -0.2) is 51.8 Å². The number of alkyl carbamates (subject to hydrolysis) is 1. The minimum atomic E-state index is -0.962. The number of rotatable bonds is 10. The van der Waals surface area contributed by atoms with Gasteiger partial charge in [-0.3, -0.25) is 9.59 Å². The standard InChI is InChI=1S/C29H49N3O4S/c1-18(2)12-13-21(5)32(26(34)23(17-37)30-27(35)36-29(9,10)11)24(25(33)31-28(6,7)8)22-15-19(3)14-20(4)16-22/h14-16,18,21,23-24,37H,12-13,17H2,1-11H3,(H,30,35)(H,31,33). The molecule has 1 rings (SSSR count). The number of nitrogens with zero attached hydrogens (tertiary/aromatic N) is 1. The van der Waals surface area contributed by atoms with Gasteiger partial charge >= 0.3 is 6.09 Å². The largest absolute Gasteiger partial charge is 0.444 e. The Labute approximate surface area is 229 Å². The Bertz CT molecular complexity index is 914. The van der Waals surface area contributed by atoms with Gasteiger partial charge in [0.15, 0.2) is 0 Å². The van der Waals surface area contributed by atoms with Gasteiger partial charge in [-0.25, -0.2) is 4.79 Å². The van der Waals surface area contributed by atoms with Crippen LogP contribution in [0.15, 0.2) is 18.2 Å². The zero-order valence-electron chi connectivity index (χ0n) is 24.7. The highest BCUT2D eigenvalue weighted by molar-refractivity contribution is 7.80. The summed E-state index contributed by atoms with van der Waals surface area (Å²) in [6.45, 7) is 21.2. The number of hydrogen-bond acceptors (Lipinski definition) is 5. The molecule has 37 heavy (non-hydrogen) atoms. The summed E-state index contributed by atoms with van der Waals surface area (Å²) in [6, 6.07) is 3.83. The normalized spacial score (nSPS) is 14.5. The van der Waals surface area contributed by atoms with Gasteiger partial charge < -0.3 is 20.3 Å². The molecule has 0 aliphatic carbocycles. The molecule has 0 aliphatic heterocycles. The number of ether oxygens (including phenoxy) is 1. The Balaban J connectivity index is 3.63. The van der Waals surface area contributed by atoms with E-state index in [0.717, 1.165) is 23.1 Å². The fourth-order valence-electron chi connectivity index (χ4n) is 4.17. The third-order valence-corrected chi connectivity index (χ3v) is 6.01. The summed E-state index contributed by atoms with van der Waals surface area (Å²) in [6.07, 6.45) is 0.895. The van der Waals surface area contributed by atoms with Crippen LogP contribution >= 0.6 is 12.6 Å². The van der Waals surface area contributed by atoms with Gasteiger partial charge in [-0.05, 0) is 86.6 Å². The number of hydrogen-bond donors (Lipinski definition) is 3. The minimum absolute atomic E-state index is 0.0614. The Morgan fingerprint density at radius 1 is 0.946 bits per heavy atom. The number of aryl methyl sites for hydroxylation is 2. The maximum absolute atomic E-state index is 14.1. The summed E-state index contributed by atoms with van der Waals surface area (Å²) in [5, 5.41) is 5.76. The molecule has 0 fully saturated rings. The number of nitrogens with one attached hydrogen (secondary N) is 2. The van der Waals surface area contributed by atoms with Crippen molar-refractivity contribution in [3.05, 3.63) is 34.9 Å². The molecule has 0 aromatic heterocycles. The Morgan fingerprint density at radius 2 is 1.49 bits per heavy atom. The molecule has 3 amide bonds. The van der Waals surface area contributed by atoms with E-state index < -0.39 is 29.3 Å². The highest BCUT2D eigenvalue weighted by atomic mass is 32.1. The van der Waals surface area contributed by atoms with Crippen LogP contribution in [0.5, 0.6) is 0 Å². The summed E-state index contributed by atoms with van der Waals surface area (Å²) in [4.78, 5) is 42.2. The van der Waals surface area contributed by atoms with Gasteiger partial charge in [-0.15, -0.1) is 0 Å². The number of carbonyl (C=O) groups is 3. The average Bonchev–Trinajstić information content (AvgIpc) is 2.70. The molecule has 0 heterocycles. The van der Waals surface area contributed by atoms with Gasteiger partial charge in [-0.1, -0.05) is 43.2 Å². The second kappa shape index (κ2) is 13.5. The first-order valence-electron chi connectivity index (χ1n) is 13.2. The molecule has 0 saturated carbocycles. The molecule has 0 aliphatic rings. The number of thiol groups is 1. The van der Waals surface area contributed by atoms with Crippen molar-refractivity contribution in [1.29, 1.82) is 0 Å². The van der Waals surface area contributed by atoms with Crippen molar-refractivity contribution < 1.29 is 19.1 Å². The van der Waals surface area contributed by atoms with E-state index in [2.05, 4.69) is 37.1 Å². The zero-order chi connectivity index (χ0) is 28.7. The van der Waals surface area contributed by atoms with Crippen LogP contribution in [0, 0.1) is 19.8 Å². The van der Waals surface area contributed by atoms with Gasteiger partial charge in [0.05, 0.1) is 0 Å². The Hall–Kier alpha value is -2.22. The van der Waals surface area contributed by atoms with Crippen molar-refractivity contribution >= 4 is 30.5 Å². The molecule has 0 bridgehead atoms. The van der Waals surface area contributed by atoms with Crippen molar-refractivity contribution in [1.82, 2.24) is 15.5 Å². The van der Waals surface area contributed by atoms with Gasteiger partial charge in [0.2, 0.25) is 11.8 Å². The van der Waals surface area contributed by atoms with Crippen LogP contribution in [0.2, 0.25) is 0 Å². The topological polar surface area (TPSA) is 87.7 Å². The van der Waals surface area contributed by atoms with Crippen LogP contribution in [0.25, 0.3) is 0 Å². The summed E-state index contributed by atoms with van der Waals surface area (Å²) < 4.78 is 5.40. The Kier molecular flexibility index (Phi) is 12.0. The first-order valence-corrected chi connectivity index (χ1v) is 13.8. The van der Waals surface area contributed by atoms with Crippen LogP contribution in [0.1, 0.15) is 97.9 Å². The van der Waals surface area contributed by atoms with Crippen molar-refractivity contribution in [3.63, 3.8) is 0 Å². The fourth-order valence-corrected chi connectivity index (χ4v) is 4.42. The summed E-state index contributed by atoms with van der Waals surface area (Å²) in [5.41, 5.74) is 1.53. The lowest BCUT2D eigenvalue weighted by Gasteiger charge is -2.39. The molecule has 0 radical (unpaired) electrons. The van der Waals surface area contributed by atoms with Gasteiger partial charge in [0, 0.05) is 17.3 Å². The molecular formula is C29H49N3O4S. The highest BCUT2D eigenvalue weighted by Gasteiger charge is 2.39. The van der Waals surface area contributed by atoms with E-state index >= 15 is 0 Å². The maximum atomic E-state index is 14.1. The molecule has 3 atom stereocenters. The number of carbonyl (C=O) groups excluding carboxylic acids is 3. The lowest BCUT2D eigenvalue weighted by atomic mass is 9.94. The van der Waals surface area contributed by atoms with E-state index in [4.69, 9.17) is 4.74 Å². The molecule has 210 valence electrons. The molecule has 1 aromatic carbocycles. The van der Waals surface area contributed by atoms with E-state index in [-0.39, 0.29) is 23.6 Å². The second-order valence-corrected chi connectivity index (χ2v) is 12.9. The SMILES string of the molecule is Cc1cc(C)cc(C(C(=O)NC(C)(C)C)N(C(=O)C(CS)NC(=O)OC(C)(C)C)C(C)CCC(C)C)c1. The highest BCUT2D eigenvalue weighted by Crippen LogP contribution is 2.29. The van der Waals surface area contributed by atoms with E-state index in [1.54, 1.807) is 25.7 Å². The van der Waals surface area contributed by atoms with Crippen molar-refractivity contribution in [2.75, 3.05) is 5.75 Å². The first-order chi connectivity index (χ1) is 16.8.